The van der Waals surface area contributed by atoms with Crippen molar-refractivity contribution in [3.8, 4) is 11.5 Å². The first-order valence-corrected chi connectivity index (χ1v) is 6.29. The van der Waals surface area contributed by atoms with Gasteiger partial charge in [-0.15, -0.1) is 0 Å². The number of para-hydroxylation sites is 2. The summed E-state index contributed by atoms with van der Waals surface area (Å²) in [6.45, 7) is 0. The third-order valence-electron chi connectivity index (χ3n) is 2.28. The van der Waals surface area contributed by atoms with Crippen LogP contribution in [-0.4, -0.2) is 8.42 Å². The lowest BCUT2D eigenvalue weighted by Crippen LogP contribution is -2.01. The van der Waals surface area contributed by atoms with Crippen molar-refractivity contribution in [3.05, 3.63) is 48.5 Å². The number of hydrogen-bond donors (Lipinski definition) is 0. The van der Waals surface area contributed by atoms with Crippen LogP contribution in [0.15, 0.2) is 58.3 Å². The Morgan fingerprint density at radius 1 is 0.647 bits per heavy atom. The molecule has 0 aromatic heterocycles. The van der Waals surface area contributed by atoms with Gasteiger partial charge in [-0.05, 0) is 24.3 Å². The molecule has 2 radical (unpaired) electrons. The first-order chi connectivity index (χ1) is 8.03. The summed E-state index contributed by atoms with van der Waals surface area (Å²) >= 11 is 0. The highest BCUT2D eigenvalue weighted by Crippen LogP contribution is 2.33. The molecule has 2 rings (SSSR count). The molecule has 2 aromatic carbocycles. The van der Waals surface area contributed by atoms with E-state index in [2.05, 4.69) is 0 Å². The Morgan fingerprint density at radius 2 is 1.00 bits per heavy atom. The van der Waals surface area contributed by atoms with E-state index in [-0.39, 0.29) is 9.79 Å². The van der Waals surface area contributed by atoms with Gasteiger partial charge in [-0.3, -0.25) is 10.2 Å². The smallest absolute Gasteiger partial charge is 0.214 e. The lowest BCUT2D eigenvalue weighted by Gasteiger charge is -2.05. The van der Waals surface area contributed by atoms with Gasteiger partial charge in [0.05, 0.1) is 0 Å². The van der Waals surface area contributed by atoms with E-state index < -0.39 is 21.3 Å². The molecule has 0 amide bonds. The van der Waals surface area contributed by atoms with Crippen LogP contribution in [0.3, 0.4) is 0 Å². The maximum atomic E-state index is 12.1. The van der Waals surface area contributed by atoms with Gasteiger partial charge in [-0.1, -0.05) is 24.3 Å². The van der Waals surface area contributed by atoms with Gasteiger partial charge in [-0.25, -0.2) is 8.42 Å². The van der Waals surface area contributed by atoms with Crippen LogP contribution in [0, 0.1) is 0 Å². The van der Waals surface area contributed by atoms with Crippen molar-refractivity contribution in [3.63, 3.8) is 0 Å². The molecule has 0 fully saturated rings. The fourth-order valence-electron chi connectivity index (χ4n) is 1.46. The first kappa shape index (κ1) is 11.5. The Labute approximate surface area is 98.7 Å². The molecule has 0 heterocycles. The second kappa shape index (κ2) is 4.10. The average molecular weight is 248 g/mol. The molecule has 4 nitrogen and oxygen atoms in total. The third-order valence-corrected chi connectivity index (χ3v) is 4.11. The number of hydrogen-bond acceptors (Lipinski definition) is 2. The van der Waals surface area contributed by atoms with Crippen LogP contribution >= 0.6 is 0 Å². The normalized spacial score (nSPS) is 11.3. The molecule has 0 aliphatic carbocycles. The Hall–Kier alpha value is -2.01. The lowest BCUT2D eigenvalue weighted by molar-refractivity contribution is 0.339. The standard InChI is InChI=1S/C12H8O4S/c13-9-5-1-3-7-11(9)17(15,16)12-8-4-2-6-10(12)14/h1-8H. The van der Waals surface area contributed by atoms with E-state index in [4.69, 9.17) is 0 Å². The summed E-state index contributed by atoms with van der Waals surface area (Å²) in [4.78, 5) is -0.744. The molecule has 0 atom stereocenters. The quantitative estimate of drug-likeness (QED) is 0.819. The van der Waals surface area contributed by atoms with Crippen molar-refractivity contribution in [2.75, 3.05) is 0 Å². The lowest BCUT2D eigenvalue weighted by atomic mass is 10.3. The summed E-state index contributed by atoms with van der Waals surface area (Å²) in [5.41, 5.74) is 0. The number of rotatable bonds is 2. The van der Waals surface area contributed by atoms with Gasteiger partial charge in [0, 0.05) is 0 Å². The van der Waals surface area contributed by atoms with E-state index in [1.165, 1.54) is 36.4 Å². The molecule has 0 saturated heterocycles. The average Bonchev–Trinajstić information content (AvgIpc) is 2.29. The maximum Gasteiger partial charge on any atom is 0.214 e. The minimum atomic E-state index is -4.03. The molecule has 0 N–H and O–H groups in total. The van der Waals surface area contributed by atoms with Crippen molar-refractivity contribution >= 4 is 9.84 Å². The van der Waals surface area contributed by atoms with Crippen LogP contribution in [-0.2, 0) is 20.1 Å². The molecule has 0 aliphatic rings. The van der Waals surface area contributed by atoms with Gasteiger partial charge in [0.15, 0.2) is 11.5 Å². The second-order valence-corrected chi connectivity index (χ2v) is 5.28. The second-order valence-electron chi connectivity index (χ2n) is 3.40. The molecule has 17 heavy (non-hydrogen) atoms. The molecule has 0 bridgehead atoms. The Balaban J connectivity index is 2.67. The van der Waals surface area contributed by atoms with Crippen LogP contribution in [0.2, 0.25) is 0 Å². The summed E-state index contributed by atoms with van der Waals surface area (Å²) < 4.78 is 24.2. The highest BCUT2D eigenvalue weighted by molar-refractivity contribution is 7.91. The van der Waals surface area contributed by atoms with Crippen LogP contribution in [0.25, 0.3) is 0 Å². The van der Waals surface area contributed by atoms with Crippen LogP contribution in [0.5, 0.6) is 11.5 Å². The zero-order chi connectivity index (χ0) is 12.5. The minimum absolute atomic E-state index is 0.372. The monoisotopic (exact) mass is 248 g/mol. The SMILES string of the molecule is [O]c1ccccc1S(=O)(=O)c1ccccc1[O]. The van der Waals surface area contributed by atoms with Crippen molar-refractivity contribution in [1.82, 2.24) is 0 Å². The van der Waals surface area contributed by atoms with E-state index in [9.17, 15) is 18.6 Å². The molecule has 2 aromatic rings. The maximum absolute atomic E-state index is 12.1. The van der Waals surface area contributed by atoms with Gasteiger partial charge < -0.3 is 0 Å². The zero-order valence-corrected chi connectivity index (χ0v) is 9.48. The third kappa shape index (κ3) is 1.97. The summed E-state index contributed by atoms with van der Waals surface area (Å²) in [5, 5.41) is 22.9. The summed E-state index contributed by atoms with van der Waals surface area (Å²) in [7, 11) is -4.03. The Morgan fingerprint density at radius 3 is 1.35 bits per heavy atom. The molecule has 0 unspecified atom stereocenters. The van der Waals surface area contributed by atoms with Gasteiger partial charge in [0.25, 0.3) is 0 Å². The van der Waals surface area contributed by atoms with Crippen molar-refractivity contribution in [1.29, 1.82) is 0 Å². The van der Waals surface area contributed by atoms with Crippen molar-refractivity contribution in [2.24, 2.45) is 0 Å². The molecule has 0 saturated carbocycles. The fourth-order valence-corrected chi connectivity index (χ4v) is 2.88. The Kier molecular flexibility index (Phi) is 2.77. The van der Waals surface area contributed by atoms with E-state index in [1.807, 2.05) is 0 Å². The molecule has 0 spiro atoms. The van der Waals surface area contributed by atoms with Gasteiger partial charge in [0.2, 0.25) is 9.84 Å². The van der Waals surface area contributed by atoms with Crippen LogP contribution < -0.4 is 0 Å². The van der Waals surface area contributed by atoms with Crippen molar-refractivity contribution < 1.29 is 18.6 Å². The van der Waals surface area contributed by atoms with Gasteiger partial charge in [-0.2, -0.15) is 0 Å². The van der Waals surface area contributed by atoms with E-state index >= 15 is 0 Å². The number of sulfone groups is 1. The van der Waals surface area contributed by atoms with Gasteiger partial charge in [0.1, 0.15) is 9.79 Å². The fraction of sp³-hybridized carbons (Fsp3) is 0. The predicted molar refractivity (Wildman–Crippen MR) is 58.6 cm³/mol. The molecule has 5 heteroatoms. The highest BCUT2D eigenvalue weighted by Gasteiger charge is 2.25. The van der Waals surface area contributed by atoms with E-state index in [0.717, 1.165) is 12.1 Å². The first-order valence-electron chi connectivity index (χ1n) is 4.80. The van der Waals surface area contributed by atoms with Gasteiger partial charge >= 0.3 is 0 Å². The van der Waals surface area contributed by atoms with E-state index in [0.29, 0.717) is 0 Å². The molecule has 0 aliphatic heterocycles. The molecule has 86 valence electrons. The number of benzene rings is 2. The summed E-state index contributed by atoms with van der Waals surface area (Å²) in [5.74, 6) is -1.23. The topological polar surface area (TPSA) is 73.9 Å². The highest BCUT2D eigenvalue weighted by atomic mass is 32.2. The van der Waals surface area contributed by atoms with Crippen molar-refractivity contribution in [2.45, 2.75) is 9.79 Å². The van der Waals surface area contributed by atoms with E-state index in [1.54, 1.807) is 0 Å². The predicted octanol–water partition coefficient (Wildman–Crippen LogP) is 2.81. The Bertz CT molecular complexity index is 596. The summed E-state index contributed by atoms with van der Waals surface area (Å²) in [6, 6.07) is 10.5. The summed E-state index contributed by atoms with van der Waals surface area (Å²) in [6.07, 6.45) is 0. The largest absolute Gasteiger partial charge is 0.288 e. The zero-order valence-electron chi connectivity index (χ0n) is 8.66. The van der Waals surface area contributed by atoms with Crippen LogP contribution in [0.1, 0.15) is 0 Å². The molecular weight excluding hydrogens is 240 g/mol. The minimum Gasteiger partial charge on any atom is -0.288 e. The molecular formula is C12H8O4S. The van der Waals surface area contributed by atoms with Crippen LogP contribution in [0.4, 0.5) is 0 Å².